The molecule has 0 aromatic heterocycles. The van der Waals surface area contributed by atoms with E-state index in [-0.39, 0.29) is 6.03 Å². The molecule has 0 bridgehead atoms. The molecule has 3 rings (SSSR count). The maximum Gasteiger partial charge on any atom is 0.317 e. The molecule has 2 heterocycles. The second-order valence-electron chi connectivity index (χ2n) is 6.64. The van der Waals surface area contributed by atoms with Gasteiger partial charge in [-0.2, -0.15) is 0 Å². The summed E-state index contributed by atoms with van der Waals surface area (Å²) in [6.07, 6.45) is 4.79. The molecule has 0 radical (unpaired) electrons. The van der Waals surface area contributed by atoms with Crippen LogP contribution in [-0.2, 0) is 13.1 Å². The van der Waals surface area contributed by atoms with Crippen LogP contribution in [0.5, 0.6) is 0 Å². The third-order valence-corrected chi connectivity index (χ3v) is 5.06. The van der Waals surface area contributed by atoms with Crippen LogP contribution in [0.2, 0.25) is 0 Å². The SMILES string of the molecule is NCc1cccc(CNC(=O)N2CCCN3CCCC3CC2)c1. The van der Waals surface area contributed by atoms with Crippen LogP contribution in [0, 0.1) is 0 Å². The molecule has 2 saturated heterocycles. The van der Waals surface area contributed by atoms with E-state index < -0.39 is 0 Å². The van der Waals surface area contributed by atoms with Crippen molar-refractivity contribution in [3.8, 4) is 0 Å². The molecule has 0 aliphatic carbocycles. The van der Waals surface area contributed by atoms with Crippen LogP contribution >= 0.6 is 0 Å². The molecule has 1 atom stereocenters. The van der Waals surface area contributed by atoms with Gasteiger partial charge in [-0.1, -0.05) is 24.3 Å². The van der Waals surface area contributed by atoms with Crippen molar-refractivity contribution in [1.29, 1.82) is 0 Å². The Hall–Kier alpha value is -1.59. The number of nitrogens with one attached hydrogen (secondary N) is 1. The van der Waals surface area contributed by atoms with E-state index in [1.807, 2.05) is 23.1 Å². The fourth-order valence-electron chi connectivity index (χ4n) is 3.76. The molecule has 23 heavy (non-hydrogen) atoms. The zero-order chi connectivity index (χ0) is 16.1. The lowest BCUT2D eigenvalue weighted by atomic mass is 10.1. The van der Waals surface area contributed by atoms with E-state index >= 15 is 0 Å². The second-order valence-corrected chi connectivity index (χ2v) is 6.64. The highest BCUT2D eigenvalue weighted by Gasteiger charge is 2.27. The molecular formula is C18H28N4O. The number of rotatable bonds is 3. The molecule has 0 spiro atoms. The summed E-state index contributed by atoms with van der Waals surface area (Å²) in [5, 5.41) is 3.06. The number of urea groups is 1. The number of carbonyl (C=O) groups is 1. The van der Waals surface area contributed by atoms with Crippen LogP contribution in [0.1, 0.15) is 36.8 Å². The fraction of sp³-hybridized carbons (Fsp3) is 0.611. The van der Waals surface area contributed by atoms with Crippen LogP contribution < -0.4 is 11.1 Å². The van der Waals surface area contributed by atoms with E-state index in [1.54, 1.807) is 0 Å². The second kappa shape index (κ2) is 7.79. The van der Waals surface area contributed by atoms with Crippen molar-refractivity contribution in [2.45, 2.75) is 44.8 Å². The van der Waals surface area contributed by atoms with E-state index in [0.717, 1.165) is 43.6 Å². The summed E-state index contributed by atoms with van der Waals surface area (Å²) >= 11 is 0. The van der Waals surface area contributed by atoms with E-state index in [1.165, 1.54) is 19.4 Å². The number of nitrogens with two attached hydrogens (primary N) is 1. The van der Waals surface area contributed by atoms with Gasteiger partial charge in [-0.3, -0.25) is 0 Å². The quantitative estimate of drug-likeness (QED) is 0.895. The molecular weight excluding hydrogens is 288 g/mol. The number of benzene rings is 1. The highest BCUT2D eigenvalue weighted by molar-refractivity contribution is 5.74. The van der Waals surface area contributed by atoms with Crippen molar-refractivity contribution < 1.29 is 4.79 Å². The summed E-state index contributed by atoms with van der Waals surface area (Å²) in [5.41, 5.74) is 7.87. The number of amides is 2. The first-order valence-corrected chi connectivity index (χ1v) is 8.81. The summed E-state index contributed by atoms with van der Waals surface area (Å²) in [6, 6.07) is 8.85. The Balaban J connectivity index is 1.51. The third kappa shape index (κ3) is 4.24. The number of fused-ring (bicyclic) bond motifs is 1. The normalized spacial score (nSPS) is 22.3. The zero-order valence-corrected chi connectivity index (χ0v) is 13.8. The zero-order valence-electron chi connectivity index (χ0n) is 13.8. The molecule has 1 unspecified atom stereocenters. The van der Waals surface area contributed by atoms with Gasteiger partial charge in [-0.25, -0.2) is 4.79 Å². The first-order chi connectivity index (χ1) is 11.3. The number of hydrogen-bond acceptors (Lipinski definition) is 3. The van der Waals surface area contributed by atoms with Gasteiger partial charge in [0.15, 0.2) is 0 Å². The Morgan fingerprint density at radius 3 is 2.83 bits per heavy atom. The van der Waals surface area contributed by atoms with Crippen molar-refractivity contribution in [3.63, 3.8) is 0 Å². The molecule has 5 heteroatoms. The van der Waals surface area contributed by atoms with Crippen LogP contribution in [0.4, 0.5) is 4.79 Å². The van der Waals surface area contributed by atoms with Crippen LogP contribution in [0.3, 0.4) is 0 Å². The third-order valence-electron chi connectivity index (χ3n) is 5.06. The molecule has 1 aromatic rings. The van der Waals surface area contributed by atoms with Crippen LogP contribution in [0.25, 0.3) is 0 Å². The Bertz CT molecular complexity index is 534. The number of hydrogen-bond donors (Lipinski definition) is 2. The lowest BCUT2D eigenvalue weighted by molar-refractivity contribution is 0.158. The Labute approximate surface area is 138 Å². The highest BCUT2D eigenvalue weighted by atomic mass is 16.2. The summed E-state index contributed by atoms with van der Waals surface area (Å²) in [5.74, 6) is 0. The summed E-state index contributed by atoms with van der Waals surface area (Å²) in [4.78, 5) is 17.1. The standard InChI is InChI=1S/C18H28N4O/c19-13-15-4-1-5-16(12-15)14-20-18(23)22-10-3-9-21-8-2-6-17(21)7-11-22/h1,4-5,12,17H,2-3,6-11,13-14,19H2,(H,20,23). The van der Waals surface area contributed by atoms with Crippen molar-refractivity contribution >= 4 is 6.03 Å². The Morgan fingerprint density at radius 1 is 1.13 bits per heavy atom. The van der Waals surface area contributed by atoms with Gasteiger partial charge < -0.3 is 20.9 Å². The van der Waals surface area contributed by atoms with Gasteiger partial charge in [0.1, 0.15) is 0 Å². The molecule has 5 nitrogen and oxygen atoms in total. The van der Waals surface area contributed by atoms with Gasteiger partial charge in [0.25, 0.3) is 0 Å². The van der Waals surface area contributed by atoms with Gasteiger partial charge in [-0.15, -0.1) is 0 Å². The van der Waals surface area contributed by atoms with Crippen molar-refractivity contribution in [2.24, 2.45) is 5.73 Å². The van der Waals surface area contributed by atoms with E-state index in [4.69, 9.17) is 5.73 Å². The van der Waals surface area contributed by atoms with Crippen LogP contribution in [0.15, 0.2) is 24.3 Å². The maximum absolute atomic E-state index is 12.5. The van der Waals surface area contributed by atoms with E-state index in [2.05, 4.69) is 16.3 Å². The minimum atomic E-state index is 0.0644. The molecule has 2 fully saturated rings. The molecule has 0 saturated carbocycles. The first-order valence-electron chi connectivity index (χ1n) is 8.81. The Kier molecular flexibility index (Phi) is 5.51. The van der Waals surface area contributed by atoms with Gasteiger partial charge in [0.2, 0.25) is 0 Å². The fourth-order valence-corrected chi connectivity index (χ4v) is 3.76. The predicted octanol–water partition coefficient (Wildman–Crippen LogP) is 1.92. The minimum absolute atomic E-state index is 0.0644. The van der Waals surface area contributed by atoms with Gasteiger partial charge in [0.05, 0.1) is 0 Å². The number of carbonyl (C=O) groups excluding carboxylic acids is 1. The molecule has 2 aliphatic rings. The number of nitrogens with zero attached hydrogens (tertiary/aromatic N) is 2. The average Bonchev–Trinajstić information content (AvgIpc) is 2.99. The van der Waals surface area contributed by atoms with Crippen LogP contribution in [-0.4, -0.2) is 48.1 Å². The molecule has 2 aliphatic heterocycles. The summed E-state index contributed by atoms with van der Waals surface area (Å²) in [6.45, 7) is 5.21. The molecule has 3 N–H and O–H groups in total. The lowest BCUT2D eigenvalue weighted by Gasteiger charge is -2.32. The highest BCUT2D eigenvalue weighted by Crippen LogP contribution is 2.22. The molecule has 2 amide bonds. The largest absolute Gasteiger partial charge is 0.334 e. The van der Waals surface area contributed by atoms with Crippen molar-refractivity contribution in [2.75, 3.05) is 26.2 Å². The van der Waals surface area contributed by atoms with Gasteiger partial charge in [0, 0.05) is 38.8 Å². The van der Waals surface area contributed by atoms with Gasteiger partial charge >= 0.3 is 6.03 Å². The summed E-state index contributed by atoms with van der Waals surface area (Å²) in [7, 11) is 0. The maximum atomic E-state index is 12.5. The Morgan fingerprint density at radius 2 is 1.96 bits per heavy atom. The first kappa shape index (κ1) is 16.3. The van der Waals surface area contributed by atoms with Crippen molar-refractivity contribution in [3.05, 3.63) is 35.4 Å². The summed E-state index contributed by atoms with van der Waals surface area (Å²) < 4.78 is 0. The monoisotopic (exact) mass is 316 g/mol. The average molecular weight is 316 g/mol. The smallest absolute Gasteiger partial charge is 0.317 e. The van der Waals surface area contributed by atoms with Gasteiger partial charge in [-0.05, 0) is 43.4 Å². The van der Waals surface area contributed by atoms with E-state index in [0.29, 0.717) is 19.1 Å². The molecule has 1 aromatic carbocycles. The lowest BCUT2D eigenvalue weighted by Crippen LogP contribution is -2.45. The van der Waals surface area contributed by atoms with E-state index in [9.17, 15) is 4.79 Å². The molecule has 126 valence electrons. The van der Waals surface area contributed by atoms with Crippen molar-refractivity contribution in [1.82, 2.24) is 15.1 Å². The minimum Gasteiger partial charge on any atom is -0.334 e. The predicted molar refractivity (Wildman–Crippen MR) is 92.0 cm³/mol. The topological polar surface area (TPSA) is 61.6 Å².